The lowest BCUT2D eigenvalue weighted by molar-refractivity contribution is 0.625. The van der Waals surface area contributed by atoms with Gasteiger partial charge in [-0.3, -0.25) is 0 Å². The zero-order valence-corrected chi connectivity index (χ0v) is 15.3. The maximum absolute atomic E-state index is 13.3. The smallest absolute Gasteiger partial charge is 0.124 e. The van der Waals surface area contributed by atoms with Crippen molar-refractivity contribution in [2.24, 2.45) is 0 Å². The maximum atomic E-state index is 13.3. The van der Waals surface area contributed by atoms with Crippen molar-refractivity contribution >= 4 is 75.1 Å². The molecule has 0 radical (unpaired) electrons. The lowest BCUT2D eigenvalue weighted by Crippen LogP contribution is -1.93. The van der Waals surface area contributed by atoms with E-state index in [9.17, 15) is 4.39 Å². The van der Waals surface area contributed by atoms with Gasteiger partial charge in [0.1, 0.15) is 5.82 Å². The molecule has 2 aromatic rings. The van der Waals surface area contributed by atoms with Crippen molar-refractivity contribution < 1.29 is 4.39 Å². The molecule has 0 fully saturated rings. The van der Waals surface area contributed by atoms with Crippen LogP contribution in [-0.2, 0) is 0 Å². The summed E-state index contributed by atoms with van der Waals surface area (Å²) in [7, 11) is 0. The summed E-state index contributed by atoms with van der Waals surface area (Å²) >= 11 is 15.4. The van der Waals surface area contributed by atoms with E-state index < -0.39 is 0 Å². The van der Waals surface area contributed by atoms with Crippen LogP contribution < -0.4 is 0 Å². The summed E-state index contributed by atoms with van der Waals surface area (Å²) in [6.45, 7) is 0. The van der Waals surface area contributed by atoms with Crippen molar-refractivity contribution in [1.82, 2.24) is 0 Å². The van der Waals surface area contributed by atoms with Crippen molar-refractivity contribution in [3.63, 3.8) is 0 Å². The van der Waals surface area contributed by atoms with E-state index >= 15 is 0 Å². The molecule has 17 heavy (non-hydrogen) atoms. The van der Waals surface area contributed by atoms with Crippen molar-refractivity contribution in [3.8, 4) is 0 Å². The fraction of sp³-hybridized carbons (Fsp3) is 0.0909. The highest BCUT2D eigenvalue weighted by Gasteiger charge is 2.17. The molecule has 0 aliphatic carbocycles. The zero-order chi connectivity index (χ0) is 12.6. The van der Waals surface area contributed by atoms with E-state index in [-0.39, 0.29) is 10.6 Å². The molecule has 1 aromatic carbocycles. The van der Waals surface area contributed by atoms with Gasteiger partial charge in [-0.2, -0.15) is 0 Å². The van der Waals surface area contributed by atoms with Gasteiger partial charge in [0.05, 0.1) is 12.4 Å². The fourth-order valence-electron chi connectivity index (χ4n) is 1.43. The number of thiophene rings is 1. The number of halogens is 5. The second kappa shape index (κ2) is 5.82. The van der Waals surface area contributed by atoms with Crippen LogP contribution in [0.25, 0.3) is 0 Å². The lowest BCUT2D eigenvalue weighted by Gasteiger charge is -2.10. The van der Waals surface area contributed by atoms with Gasteiger partial charge < -0.3 is 0 Å². The third kappa shape index (κ3) is 3.41. The summed E-state index contributed by atoms with van der Waals surface area (Å²) in [5, 5.41) is 0. The van der Waals surface area contributed by atoms with E-state index in [2.05, 4.69) is 63.7 Å². The minimum Gasteiger partial charge on any atom is -0.207 e. The quantitative estimate of drug-likeness (QED) is 0.399. The van der Waals surface area contributed by atoms with Crippen molar-refractivity contribution in [2.75, 3.05) is 0 Å². The summed E-state index contributed by atoms with van der Waals surface area (Å²) in [5.74, 6) is -0.246. The summed E-state index contributed by atoms with van der Waals surface area (Å²) in [4.78, 5) is -0.0357. The first-order chi connectivity index (χ1) is 7.97. The number of hydrogen-bond donors (Lipinski definition) is 0. The Morgan fingerprint density at radius 1 is 1.06 bits per heavy atom. The molecular formula is C11H5Br4FS. The normalized spacial score (nSPS) is 12.8. The molecule has 0 amide bonds. The van der Waals surface area contributed by atoms with Crippen LogP contribution in [0.3, 0.4) is 0 Å². The average Bonchev–Trinajstić information content (AvgIpc) is 2.55. The van der Waals surface area contributed by atoms with Crippen molar-refractivity contribution in [2.45, 2.75) is 4.83 Å². The minimum atomic E-state index is -0.246. The molecular weight excluding hydrogens is 503 g/mol. The van der Waals surface area contributed by atoms with Crippen LogP contribution in [0.4, 0.5) is 4.39 Å². The van der Waals surface area contributed by atoms with Crippen LogP contribution in [0, 0.1) is 5.82 Å². The summed E-state index contributed by atoms with van der Waals surface area (Å²) < 4.78 is 16.2. The number of hydrogen-bond acceptors (Lipinski definition) is 1. The minimum absolute atomic E-state index is 0.0357. The van der Waals surface area contributed by atoms with Crippen LogP contribution in [-0.4, -0.2) is 0 Å². The Labute approximate surface area is 136 Å². The van der Waals surface area contributed by atoms with Gasteiger partial charge in [-0.1, -0.05) is 31.9 Å². The predicted molar refractivity (Wildman–Crippen MR) is 84.6 cm³/mol. The standard InChI is InChI=1S/C11H5Br4FS/c12-6-1-5(2-7(16)3-6)10(14)8-4-9(13)17-11(8)15/h1-4,10H. The SMILES string of the molecule is Fc1cc(Br)cc(C(Br)c2cc(Br)sc2Br)c1. The van der Waals surface area contributed by atoms with Gasteiger partial charge >= 0.3 is 0 Å². The Bertz CT molecular complexity index is 532. The van der Waals surface area contributed by atoms with E-state index in [1.807, 2.05) is 12.1 Å². The van der Waals surface area contributed by atoms with E-state index in [4.69, 9.17) is 0 Å². The molecule has 0 N–H and O–H groups in total. The lowest BCUT2D eigenvalue weighted by atomic mass is 10.1. The van der Waals surface area contributed by atoms with Crippen LogP contribution >= 0.6 is 75.1 Å². The van der Waals surface area contributed by atoms with Gasteiger partial charge in [-0.25, -0.2) is 4.39 Å². The third-order valence-corrected chi connectivity index (χ3v) is 6.00. The fourth-order valence-corrected chi connectivity index (χ4v) is 5.90. The number of benzene rings is 1. The summed E-state index contributed by atoms with van der Waals surface area (Å²) in [6, 6.07) is 6.90. The summed E-state index contributed by atoms with van der Waals surface area (Å²) in [6.07, 6.45) is 0. The Balaban J connectivity index is 2.43. The van der Waals surface area contributed by atoms with Crippen LogP contribution in [0.15, 0.2) is 36.3 Å². The Hall–Kier alpha value is 0.770. The first kappa shape index (κ1) is 14.2. The molecule has 1 heterocycles. The molecule has 6 heteroatoms. The van der Waals surface area contributed by atoms with Gasteiger partial charge in [0.25, 0.3) is 0 Å². The van der Waals surface area contributed by atoms with Crippen LogP contribution in [0.5, 0.6) is 0 Å². The molecule has 0 aliphatic rings. The molecule has 0 nitrogen and oxygen atoms in total. The van der Waals surface area contributed by atoms with Crippen molar-refractivity contribution in [3.05, 3.63) is 53.3 Å². The molecule has 90 valence electrons. The highest BCUT2D eigenvalue weighted by atomic mass is 79.9. The monoisotopic (exact) mass is 504 g/mol. The van der Waals surface area contributed by atoms with E-state index in [1.165, 1.54) is 12.1 Å². The van der Waals surface area contributed by atoms with E-state index in [0.717, 1.165) is 23.2 Å². The molecule has 0 saturated heterocycles. The predicted octanol–water partition coefficient (Wildman–Crippen LogP) is 6.66. The molecule has 2 rings (SSSR count). The Morgan fingerprint density at radius 2 is 1.76 bits per heavy atom. The molecule has 0 aliphatic heterocycles. The molecule has 0 saturated carbocycles. The molecule has 0 bridgehead atoms. The topological polar surface area (TPSA) is 0 Å². The maximum Gasteiger partial charge on any atom is 0.124 e. The van der Waals surface area contributed by atoms with Crippen molar-refractivity contribution in [1.29, 1.82) is 0 Å². The van der Waals surface area contributed by atoms with E-state index in [1.54, 1.807) is 11.3 Å². The van der Waals surface area contributed by atoms with Crippen LogP contribution in [0.2, 0.25) is 0 Å². The van der Waals surface area contributed by atoms with Gasteiger partial charge in [-0.15, -0.1) is 11.3 Å². The van der Waals surface area contributed by atoms with E-state index in [0.29, 0.717) is 0 Å². The Kier molecular flexibility index (Phi) is 4.86. The van der Waals surface area contributed by atoms with Gasteiger partial charge in [0.2, 0.25) is 0 Å². The first-order valence-electron chi connectivity index (χ1n) is 4.52. The highest BCUT2D eigenvalue weighted by molar-refractivity contribution is 9.12. The molecule has 1 aromatic heterocycles. The van der Waals surface area contributed by atoms with Gasteiger partial charge in [-0.05, 0) is 67.3 Å². The van der Waals surface area contributed by atoms with Gasteiger partial charge in [0, 0.05) is 4.47 Å². The summed E-state index contributed by atoms with van der Waals surface area (Å²) in [5.41, 5.74) is 1.96. The molecule has 0 spiro atoms. The van der Waals surface area contributed by atoms with Gasteiger partial charge in [0.15, 0.2) is 0 Å². The Morgan fingerprint density at radius 3 is 2.29 bits per heavy atom. The average molecular weight is 508 g/mol. The number of rotatable bonds is 2. The highest BCUT2D eigenvalue weighted by Crippen LogP contribution is 2.42. The third-order valence-electron chi connectivity index (χ3n) is 2.13. The molecule has 1 unspecified atom stereocenters. The second-order valence-corrected chi connectivity index (χ2v) is 8.93. The van der Waals surface area contributed by atoms with Crippen LogP contribution in [0.1, 0.15) is 16.0 Å². The first-order valence-corrected chi connectivity index (χ1v) is 8.63. The zero-order valence-electron chi connectivity index (χ0n) is 8.18. The molecule has 1 atom stereocenters. The largest absolute Gasteiger partial charge is 0.207 e. The number of alkyl halides is 1. The second-order valence-electron chi connectivity index (χ2n) is 3.34.